The van der Waals surface area contributed by atoms with Crippen molar-refractivity contribution in [2.45, 2.75) is 21.8 Å². The van der Waals surface area contributed by atoms with Crippen molar-refractivity contribution >= 4 is 21.8 Å². The van der Waals surface area contributed by atoms with E-state index in [-0.39, 0.29) is 34.9 Å². The summed E-state index contributed by atoms with van der Waals surface area (Å²) in [6, 6.07) is 9.54. The van der Waals surface area contributed by atoms with Crippen LogP contribution in [-0.2, 0) is 16.6 Å². The molecule has 0 fully saturated rings. The van der Waals surface area contributed by atoms with Gasteiger partial charge in [0.15, 0.2) is 11.5 Å². The standard InChI is InChI=1S/C15H12F3NO4S2/c16-15(17,18)24-11-2-4-12(5-3-11)25(20,21)19-8-10-1-6-13-14(7-10)23-9-22-13/h1-7,19H,8-9H2. The van der Waals surface area contributed by atoms with Crippen molar-refractivity contribution in [1.29, 1.82) is 0 Å². The highest BCUT2D eigenvalue weighted by Crippen LogP contribution is 2.37. The van der Waals surface area contributed by atoms with E-state index >= 15 is 0 Å². The number of alkyl halides is 3. The highest BCUT2D eigenvalue weighted by Gasteiger charge is 2.29. The largest absolute Gasteiger partial charge is 0.454 e. The molecule has 0 saturated heterocycles. The average molecular weight is 391 g/mol. The summed E-state index contributed by atoms with van der Waals surface area (Å²) in [5.74, 6) is 1.12. The topological polar surface area (TPSA) is 64.6 Å². The number of nitrogens with one attached hydrogen (secondary N) is 1. The first kappa shape index (κ1) is 17.9. The summed E-state index contributed by atoms with van der Waals surface area (Å²) in [6.45, 7) is 0.130. The Labute approximate surface area is 146 Å². The highest BCUT2D eigenvalue weighted by molar-refractivity contribution is 8.00. The smallest absolute Gasteiger partial charge is 0.446 e. The average Bonchev–Trinajstić information content (AvgIpc) is 2.99. The molecule has 0 aromatic heterocycles. The number of hydrogen-bond donors (Lipinski definition) is 1. The lowest BCUT2D eigenvalue weighted by Gasteiger charge is -2.09. The van der Waals surface area contributed by atoms with Gasteiger partial charge >= 0.3 is 5.51 Å². The summed E-state index contributed by atoms with van der Waals surface area (Å²) in [5.41, 5.74) is -3.75. The van der Waals surface area contributed by atoms with Crippen molar-refractivity contribution in [2.75, 3.05) is 6.79 Å². The lowest BCUT2D eigenvalue weighted by Crippen LogP contribution is -2.23. The summed E-state index contributed by atoms with van der Waals surface area (Å²) in [6.07, 6.45) is 0. The van der Waals surface area contributed by atoms with Gasteiger partial charge < -0.3 is 9.47 Å². The Balaban J connectivity index is 1.67. The molecule has 134 valence electrons. The molecule has 0 aliphatic carbocycles. The Morgan fingerprint density at radius 1 is 1.04 bits per heavy atom. The van der Waals surface area contributed by atoms with E-state index in [4.69, 9.17) is 9.47 Å². The molecule has 0 saturated carbocycles. The van der Waals surface area contributed by atoms with Gasteiger partial charge in [0.05, 0.1) is 4.90 Å². The Morgan fingerprint density at radius 2 is 1.72 bits per heavy atom. The Bertz CT molecular complexity index is 867. The monoisotopic (exact) mass is 391 g/mol. The lowest BCUT2D eigenvalue weighted by molar-refractivity contribution is -0.0328. The van der Waals surface area contributed by atoms with Crippen molar-refractivity contribution in [3.63, 3.8) is 0 Å². The van der Waals surface area contributed by atoms with Gasteiger partial charge in [0.1, 0.15) is 0 Å². The molecule has 0 spiro atoms. The molecule has 5 nitrogen and oxygen atoms in total. The fraction of sp³-hybridized carbons (Fsp3) is 0.200. The van der Waals surface area contributed by atoms with Crippen LogP contribution in [0.2, 0.25) is 0 Å². The van der Waals surface area contributed by atoms with E-state index in [0.717, 1.165) is 24.3 Å². The summed E-state index contributed by atoms with van der Waals surface area (Å²) >= 11 is -0.299. The summed E-state index contributed by atoms with van der Waals surface area (Å²) in [5, 5.41) is 0. The molecule has 1 N–H and O–H groups in total. The van der Waals surface area contributed by atoms with Gasteiger partial charge in [-0.1, -0.05) is 6.07 Å². The number of sulfonamides is 1. The second-order valence-electron chi connectivity index (χ2n) is 5.03. The van der Waals surface area contributed by atoms with Crippen molar-refractivity contribution in [2.24, 2.45) is 0 Å². The fourth-order valence-corrected chi connectivity index (χ4v) is 3.69. The molecule has 1 heterocycles. The molecule has 25 heavy (non-hydrogen) atoms. The maximum atomic E-state index is 12.3. The molecule has 0 bridgehead atoms. The van der Waals surface area contributed by atoms with Crippen LogP contribution in [0.3, 0.4) is 0 Å². The maximum absolute atomic E-state index is 12.3. The molecule has 3 rings (SSSR count). The van der Waals surface area contributed by atoms with Gasteiger partial charge in [-0.15, -0.1) is 0 Å². The maximum Gasteiger partial charge on any atom is 0.446 e. The van der Waals surface area contributed by atoms with E-state index in [1.165, 1.54) is 0 Å². The summed E-state index contributed by atoms with van der Waals surface area (Å²) < 4.78 is 74.1. The van der Waals surface area contributed by atoms with Gasteiger partial charge in [-0.25, -0.2) is 13.1 Å². The number of halogens is 3. The number of rotatable bonds is 5. The molecule has 2 aromatic rings. The first-order valence-electron chi connectivity index (χ1n) is 6.97. The zero-order chi connectivity index (χ0) is 18.1. The van der Waals surface area contributed by atoms with Gasteiger partial charge in [0, 0.05) is 11.4 Å². The first-order valence-corrected chi connectivity index (χ1v) is 9.27. The van der Waals surface area contributed by atoms with Crippen LogP contribution < -0.4 is 14.2 Å². The highest BCUT2D eigenvalue weighted by atomic mass is 32.2. The zero-order valence-electron chi connectivity index (χ0n) is 12.5. The molecule has 10 heteroatoms. The Morgan fingerprint density at radius 3 is 2.40 bits per heavy atom. The fourth-order valence-electron chi connectivity index (χ4n) is 2.13. The molecule has 2 aromatic carbocycles. The van der Waals surface area contributed by atoms with Crippen LogP contribution in [0.4, 0.5) is 13.2 Å². The number of ether oxygens (including phenoxy) is 2. The van der Waals surface area contributed by atoms with Gasteiger partial charge in [-0.2, -0.15) is 13.2 Å². The minimum absolute atomic E-state index is 0.0119. The number of fused-ring (bicyclic) bond motifs is 1. The second kappa shape index (κ2) is 6.77. The molecule has 1 aliphatic heterocycles. The van der Waals surface area contributed by atoms with Crippen LogP contribution in [0, 0.1) is 0 Å². The Hall–Kier alpha value is -1.91. The molecule has 1 aliphatic rings. The number of thioether (sulfide) groups is 1. The van der Waals surface area contributed by atoms with Crippen molar-refractivity contribution in [3.05, 3.63) is 48.0 Å². The van der Waals surface area contributed by atoms with E-state index in [9.17, 15) is 21.6 Å². The van der Waals surface area contributed by atoms with E-state index in [0.29, 0.717) is 17.1 Å². The minimum atomic E-state index is -4.42. The normalized spacial score (nSPS) is 13.9. The predicted octanol–water partition coefficient (Wildman–Crippen LogP) is 3.51. The quantitative estimate of drug-likeness (QED) is 0.791. The summed E-state index contributed by atoms with van der Waals surface area (Å²) in [7, 11) is -3.85. The molecule has 0 atom stereocenters. The third-order valence-corrected chi connectivity index (χ3v) is 5.43. The molecule has 0 radical (unpaired) electrons. The molecular weight excluding hydrogens is 379 g/mol. The van der Waals surface area contributed by atoms with E-state index in [2.05, 4.69) is 4.72 Å². The zero-order valence-corrected chi connectivity index (χ0v) is 14.2. The van der Waals surface area contributed by atoms with Crippen LogP contribution in [0.25, 0.3) is 0 Å². The third kappa shape index (κ3) is 4.59. The third-order valence-electron chi connectivity index (χ3n) is 3.27. The Kier molecular flexibility index (Phi) is 4.85. The van der Waals surface area contributed by atoms with Gasteiger partial charge in [0.2, 0.25) is 16.8 Å². The van der Waals surface area contributed by atoms with E-state index < -0.39 is 15.5 Å². The SMILES string of the molecule is O=S(=O)(NCc1ccc2c(c1)OCO2)c1ccc(SC(F)(F)F)cc1. The summed E-state index contributed by atoms with van der Waals surface area (Å²) in [4.78, 5) is -0.193. The van der Waals surface area contributed by atoms with Crippen LogP contribution in [-0.4, -0.2) is 20.7 Å². The van der Waals surface area contributed by atoms with Crippen LogP contribution in [0.5, 0.6) is 11.5 Å². The molecule has 0 amide bonds. The molecular formula is C15H12F3NO4S2. The van der Waals surface area contributed by atoms with Gasteiger partial charge in [0.25, 0.3) is 0 Å². The predicted molar refractivity (Wildman–Crippen MR) is 84.9 cm³/mol. The van der Waals surface area contributed by atoms with Crippen molar-refractivity contribution in [3.8, 4) is 11.5 Å². The van der Waals surface area contributed by atoms with Crippen LogP contribution >= 0.6 is 11.8 Å². The van der Waals surface area contributed by atoms with Crippen molar-refractivity contribution < 1.29 is 31.1 Å². The van der Waals surface area contributed by atoms with Crippen LogP contribution in [0.15, 0.2) is 52.3 Å². The van der Waals surface area contributed by atoms with Crippen molar-refractivity contribution in [1.82, 2.24) is 4.72 Å². The number of benzene rings is 2. The second-order valence-corrected chi connectivity index (χ2v) is 7.94. The van der Waals surface area contributed by atoms with Gasteiger partial charge in [-0.05, 0) is 53.7 Å². The number of hydrogen-bond acceptors (Lipinski definition) is 5. The molecule has 0 unspecified atom stereocenters. The minimum Gasteiger partial charge on any atom is -0.454 e. The lowest BCUT2D eigenvalue weighted by atomic mass is 10.2. The van der Waals surface area contributed by atoms with E-state index in [1.54, 1.807) is 18.2 Å². The van der Waals surface area contributed by atoms with Gasteiger partial charge in [-0.3, -0.25) is 0 Å². The first-order chi connectivity index (χ1) is 11.7. The van der Waals surface area contributed by atoms with Crippen LogP contribution in [0.1, 0.15) is 5.56 Å². The van der Waals surface area contributed by atoms with E-state index in [1.807, 2.05) is 0 Å².